The first-order valence-corrected chi connectivity index (χ1v) is 6.78. The zero-order chi connectivity index (χ0) is 14.3. The van der Waals surface area contributed by atoms with Gasteiger partial charge >= 0.3 is 0 Å². The van der Waals surface area contributed by atoms with E-state index >= 15 is 0 Å². The maximum absolute atomic E-state index is 9.41. The molecule has 3 unspecified atom stereocenters. The molecule has 1 rings (SSSR count). The third-order valence-corrected chi connectivity index (χ3v) is 3.08. The number of ether oxygens (including phenoxy) is 1. The Morgan fingerprint density at radius 3 is 2.68 bits per heavy atom. The Morgan fingerprint density at radius 2 is 2.11 bits per heavy atom. The van der Waals surface area contributed by atoms with Crippen molar-refractivity contribution in [2.24, 2.45) is 5.73 Å². The lowest BCUT2D eigenvalue weighted by Gasteiger charge is -2.24. The molecule has 108 valence electrons. The first-order chi connectivity index (χ1) is 9.06. The van der Waals surface area contributed by atoms with Crippen molar-refractivity contribution in [2.75, 3.05) is 13.7 Å². The van der Waals surface area contributed by atoms with Crippen LogP contribution in [0.3, 0.4) is 0 Å². The highest BCUT2D eigenvalue weighted by atomic mass is 16.5. The number of aliphatic hydroxyl groups excluding tert-OH is 1. The fourth-order valence-electron chi connectivity index (χ4n) is 2.29. The number of methoxy groups -OCH3 is 1. The molecule has 0 aliphatic carbocycles. The highest BCUT2D eigenvalue weighted by Crippen LogP contribution is 2.16. The highest BCUT2D eigenvalue weighted by molar-refractivity contribution is 5.26. The Balaban J connectivity index is 2.70. The SMILES string of the molecule is COCc1cccc(C(CN)NC(C)CC(C)O)c1. The summed E-state index contributed by atoms with van der Waals surface area (Å²) in [5.74, 6) is 0. The summed E-state index contributed by atoms with van der Waals surface area (Å²) < 4.78 is 5.15. The van der Waals surface area contributed by atoms with Crippen molar-refractivity contribution in [2.45, 2.75) is 45.1 Å². The molecule has 0 bridgehead atoms. The predicted octanol–water partition coefficient (Wildman–Crippen LogP) is 1.58. The van der Waals surface area contributed by atoms with Crippen LogP contribution in [0.1, 0.15) is 37.4 Å². The molecular formula is C15H26N2O2. The summed E-state index contributed by atoms with van der Waals surface area (Å²) in [5.41, 5.74) is 8.16. The standard InChI is InChI=1S/C15H26N2O2/c1-11(7-12(2)18)17-15(9-16)14-6-4-5-13(8-14)10-19-3/h4-6,8,11-12,15,17-18H,7,9-10,16H2,1-3H3. The van der Waals surface area contributed by atoms with Crippen molar-refractivity contribution in [3.63, 3.8) is 0 Å². The van der Waals surface area contributed by atoms with Gasteiger partial charge in [-0.25, -0.2) is 0 Å². The second kappa shape index (κ2) is 8.27. The smallest absolute Gasteiger partial charge is 0.0713 e. The third kappa shape index (κ3) is 5.70. The van der Waals surface area contributed by atoms with E-state index in [0.29, 0.717) is 19.6 Å². The molecule has 0 aliphatic rings. The number of nitrogens with two attached hydrogens (primary N) is 1. The predicted molar refractivity (Wildman–Crippen MR) is 77.8 cm³/mol. The summed E-state index contributed by atoms with van der Waals surface area (Å²) in [4.78, 5) is 0. The highest BCUT2D eigenvalue weighted by Gasteiger charge is 2.14. The van der Waals surface area contributed by atoms with Gasteiger partial charge in [-0.15, -0.1) is 0 Å². The third-order valence-electron chi connectivity index (χ3n) is 3.08. The molecule has 4 heteroatoms. The van der Waals surface area contributed by atoms with Crippen LogP contribution < -0.4 is 11.1 Å². The molecule has 4 N–H and O–H groups in total. The topological polar surface area (TPSA) is 67.5 Å². The van der Waals surface area contributed by atoms with Crippen molar-refractivity contribution < 1.29 is 9.84 Å². The molecule has 0 spiro atoms. The van der Waals surface area contributed by atoms with Gasteiger partial charge in [-0.2, -0.15) is 0 Å². The monoisotopic (exact) mass is 266 g/mol. The van der Waals surface area contributed by atoms with E-state index in [1.807, 2.05) is 12.1 Å². The van der Waals surface area contributed by atoms with E-state index in [-0.39, 0.29) is 18.2 Å². The number of nitrogens with one attached hydrogen (secondary N) is 1. The lowest BCUT2D eigenvalue weighted by atomic mass is 10.0. The number of aliphatic hydroxyl groups is 1. The summed E-state index contributed by atoms with van der Waals surface area (Å²) >= 11 is 0. The maximum Gasteiger partial charge on any atom is 0.0713 e. The molecule has 0 fully saturated rings. The number of hydrogen-bond acceptors (Lipinski definition) is 4. The molecule has 4 nitrogen and oxygen atoms in total. The van der Waals surface area contributed by atoms with Crippen LogP contribution in [0.5, 0.6) is 0 Å². The van der Waals surface area contributed by atoms with Gasteiger partial charge in [0.15, 0.2) is 0 Å². The second-order valence-electron chi connectivity index (χ2n) is 5.12. The van der Waals surface area contributed by atoms with E-state index in [9.17, 15) is 5.11 Å². The maximum atomic E-state index is 9.41. The van der Waals surface area contributed by atoms with Gasteiger partial charge in [0, 0.05) is 25.7 Å². The minimum Gasteiger partial charge on any atom is -0.393 e. The van der Waals surface area contributed by atoms with Crippen molar-refractivity contribution in [1.82, 2.24) is 5.32 Å². The molecule has 0 heterocycles. The normalized spacial score (nSPS) is 16.1. The lowest BCUT2D eigenvalue weighted by Crippen LogP contribution is -2.36. The summed E-state index contributed by atoms with van der Waals surface area (Å²) in [6, 6.07) is 8.57. The molecule has 0 aliphatic heterocycles. The van der Waals surface area contributed by atoms with Crippen LogP contribution >= 0.6 is 0 Å². The average molecular weight is 266 g/mol. The minimum absolute atomic E-state index is 0.102. The molecule has 3 atom stereocenters. The van der Waals surface area contributed by atoms with Crippen LogP contribution in [0.25, 0.3) is 0 Å². The molecular weight excluding hydrogens is 240 g/mol. The van der Waals surface area contributed by atoms with Crippen LogP contribution in [0.4, 0.5) is 0 Å². The Hall–Kier alpha value is -0.940. The summed E-state index contributed by atoms with van der Waals surface area (Å²) in [7, 11) is 1.69. The number of hydrogen-bond donors (Lipinski definition) is 3. The van der Waals surface area contributed by atoms with E-state index in [0.717, 1.165) is 11.1 Å². The fourth-order valence-corrected chi connectivity index (χ4v) is 2.29. The van der Waals surface area contributed by atoms with E-state index in [1.54, 1.807) is 14.0 Å². The number of benzene rings is 1. The second-order valence-corrected chi connectivity index (χ2v) is 5.12. The molecule has 0 amide bonds. The molecule has 19 heavy (non-hydrogen) atoms. The molecule has 1 aromatic carbocycles. The van der Waals surface area contributed by atoms with Gasteiger partial charge in [-0.05, 0) is 31.4 Å². The van der Waals surface area contributed by atoms with Gasteiger partial charge in [-0.3, -0.25) is 0 Å². The van der Waals surface area contributed by atoms with Gasteiger partial charge in [-0.1, -0.05) is 24.3 Å². The van der Waals surface area contributed by atoms with E-state index in [1.165, 1.54) is 0 Å². The quantitative estimate of drug-likeness (QED) is 0.668. The van der Waals surface area contributed by atoms with Crippen LogP contribution in [0.15, 0.2) is 24.3 Å². The first-order valence-electron chi connectivity index (χ1n) is 6.78. The largest absolute Gasteiger partial charge is 0.393 e. The van der Waals surface area contributed by atoms with Gasteiger partial charge in [0.1, 0.15) is 0 Å². The van der Waals surface area contributed by atoms with E-state index in [4.69, 9.17) is 10.5 Å². The first kappa shape index (κ1) is 16.1. The molecule has 0 aromatic heterocycles. The summed E-state index contributed by atoms with van der Waals surface area (Å²) in [5, 5.41) is 12.9. The van der Waals surface area contributed by atoms with Crippen LogP contribution in [-0.2, 0) is 11.3 Å². The van der Waals surface area contributed by atoms with E-state index in [2.05, 4.69) is 24.4 Å². The summed E-state index contributed by atoms with van der Waals surface area (Å²) in [6.45, 7) is 5.00. The fraction of sp³-hybridized carbons (Fsp3) is 0.600. The van der Waals surface area contributed by atoms with Gasteiger partial charge in [0.2, 0.25) is 0 Å². The van der Waals surface area contributed by atoms with Crippen LogP contribution in [-0.4, -0.2) is 30.9 Å². The van der Waals surface area contributed by atoms with Gasteiger partial charge in [0.05, 0.1) is 12.7 Å². The lowest BCUT2D eigenvalue weighted by molar-refractivity contribution is 0.168. The Bertz CT molecular complexity index is 369. The van der Waals surface area contributed by atoms with Crippen molar-refractivity contribution >= 4 is 0 Å². The Kier molecular flexibility index (Phi) is 7.02. The van der Waals surface area contributed by atoms with E-state index < -0.39 is 0 Å². The zero-order valence-electron chi connectivity index (χ0n) is 12.1. The molecule has 0 saturated heterocycles. The van der Waals surface area contributed by atoms with Crippen LogP contribution in [0.2, 0.25) is 0 Å². The minimum atomic E-state index is -0.305. The molecule has 0 saturated carbocycles. The molecule has 1 aromatic rings. The Labute approximate surface area is 116 Å². The van der Waals surface area contributed by atoms with Crippen molar-refractivity contribution in [3.8, 4) is 0 Å². The molecule has 0 radical (unpaired) electrons. The van der Waals surface area contributed by atoms with Crippen molar-refractivity contribution in [3.05, 3.63) is 35.4 Å². The zero-order valence-corrected chi connectivity index (χ0v) is 12.1. The van der Waals surface area contributed by atoms with Gasteiger partial charge < -0.3 is 20.9 Å². The summed E-state index contributed by atoms with van der Waals surface area (Å²) in [6.07, 6.45) is 0.412. The van der Waals surface area contributed by atoms with Crippen molar-refractivity contribution in [1.29, 1.82) is 0 Å². The van der Waals surface area contributed by atoms with Gasteiger partial charge in [0.25, 0.3) is 0 Å². The average Bonchev–Trinajstić information content (AvgIpc) is 2.36. The van der Waals surface area contributed by atoms with Crippen LogP contribution in [0, 0.1) is 0 Å². The Morgan fingerprint density at radius 1 is 1.37 bits per heavy atom. The number of rotatable bonds is 8.